The Hall–Kier alpha value is -2.58. The van der Waals surface area contributed by atoms with Crippen LogP contribution in [-0.4, -0.2) is 9.97 Å². The number of hydrogen-bond acceptors (Lipinski definition) is 5. The Kier molecular flexibility index (Phi) is 3.35. The molecule has 0 unspecified atom stereocenters. The van der Waals surface area contributed by atoms with Crippen LogP contribution in [0.5, 0.6) is 0 Å². The molecular weight excluding hydrogens is 278 g/mol. The monoisotopic (exact) mass is 287 g/mol. The minimum absolute atomic E-state index is 0.00350. The van der Waals surface area contributed by atoms with Gasteiger partial charge in [0.2, 0.25) is 0 Å². The summed E-state index contributed by atoms with van der Waals surface area (Å²) in [6.45, 7) is 0. The van der Waals surface area contributed by atoms with E-state index >= 15 is 0 Å². The molecule has 0 saturated heterocycles. The lowest BCUT2D eigenvalue weighted by Crippen LogP contribution is -2.08. The zero-order chi connectivity index (χ0) is 14.9. The maximum Gasteiger partial charge on any atom is 0.416 e. The number of nitrogen functional groups attached to an aromatic ring is 2. The van der Waals surface area contributed by atoms with Crippen LogP contribution in [0.25, 0.3) is 0 Å². The van der Waals surface area contributed by atoms with Gasteiger partial charge < -0.3 is 16.8 Å². The average molecular weight is 287 g/mol. The van der Waals surface area contributed by atoms with Gasteiger partial charge in [-0.05, 0) is 18.2 Å². The summed E-state index contributed by atoms with van der Waals surface area (Å²) in [6.07, 6.45) is -3.58. The average Bonchev–Trinajstić information content (AvgIpc) is 2.33. The Bertz CT molecular complexity index is 641. The first kappa shape index (κ1) is 13.8. The molecule has 106 valence electrons. The van der Waals surface area contributed by atoms with E-state index in [9.17, 15) is 17.6 Å². The maximum absolute atomic E-state index is 13.2. The van der Waals surface area contributed by atoms with Gasteiger partial charge in [-0.1, -0.05) is 0 Å². The summed E-state index contributed by atoms with van der Waals surface area (Å²) in [5, 5.41) is 2.47. The maximum atomic E-state index is 13.2. The third kappa shape index (κ3) is 2.87. The van der Waals surface area contributed by atoms with Crippen molar-refractivity contribution < 1.29 is 17.6 Å². The Balaban J connectivity index is 2.39. The predicted octanol–water partition coefficient (Wildman–Crippen LogP) is 2.54. The molecule has 1 heterocycles. The number of hydrogen-bond donors (Lipinski definition) is 3. The molecule has 0 aliphatic rings. The molecule has 2 aromatic rings. The fourth-order valence-electron chi connectivity index (χ4n) is 1.47. The molecule has 0 radical (unpaired) electrons. The van der Waals surface area contributed by atoms with Crippen molar-refractivity contribution in [2.75, 3.05) is 16.8 Å². The van der Waals surface area contributed by atoms with E-state index in [1.165, 1.54) is 0 Å². The lowest BCUT2D eigenvalue weighted by Gasteiger charge is -2.12. The van der Waals surface area contributed by atoms with Gasteiger partial charge in [-0.3, -0.25) is 0 Å². The van der Waals surface area contributed by atoms with Crippen LogP contribution in [0.3, 0.4) is 0 Å². The van der Waals surface area contributed by atoms with Crippen molar-refractivity contribution in [1.29, 1.82) is 0 Å². The summed E-state index contributed by atoms with van der Waals surface area (Å²) in [6, 6.07) is 2.01. The third-order valence-electron chi connectivity index (χ3n) is 2.40. The molecular formula is C11H9F4N5. The van der Waals surface area contributed by atoms with Gasteiger partial charge in [-0.25, -0.2) is 14.4 Å². The minimum Gasteiger partial charge on any atom is -0.393 e. The molecule has 0 fully saturated rings. The molecule has 1 aromatic heterocycles. The normalized spacial score (nSPS) is 11.4. The highest BCUT2D eigenvalue weighted by Crippen LogP contribution is 2.33. The summed E-state index contributed by atoms with van der Waals surface area (Å²) < 4.78 is 50.9. The lowest BCUT2D eigenvalue weighted by molar-refractivity contribution is -0.137. The largest absolute Gasteiger partial charge is 0.416 e. The second kappa shape index (κ2) is 4.83. The van der Waals surface area contributed by atoms with Gasteiger partial charge in [0.05, 0.1) is 5.56 Å². The first-order chi connectivity index (χ1) is 9.27. The number of nitrogens with one attached hydrogen (secondary N) is 1. The van der Waals surface area contributed by atoms with Crippen molar-refractivity contribution >= 4 is 23.0 Å². The Morgan fingerprint density at radius 3 is 2.40 bits per heavy atom. The molecule has 0 saturated carbocycles. The van der Waals surface area contributed by atoms with E-state index in [4.69, 9.17) is 11.5 Å². The van der Waals surface area contributed by atoms with Crippen LogP contribution in [0.4, 0.5) is 40.6 Å². The van der Waals surface area contributed by atoms with Crippen LogP contribution in [0, 0.1) is 5.82 Å². The van der Waals surface area contributed by atoms with Crippen LogP contribution in [0.2, 0.25) is 0 Å². The second-order valence-electron chi connectivity index (χ2n) is 3.87. The zero-order valence-electron chi connectivity index (χ0n) is 9.87. The summed E-state index contributed by atoms with van der Waals surface area (Å²) >= 11 is 0. The molecule has 0 aliphatic carbocycles. The predicted molar refractivity (Wildman–Crippen MR) is 65.5 cm³/mol. The molecule has 5 nitrogen and oxygen atoms in total. The highest BCUT2D eigenvalue weighted by Gasteiger charge is 2.31. The summed E-state index contributed by atoms with van der Waals surface area (Å²) in [4.78, 5) is 7.33. The summed E-state index contributed by atoms with van der Waals surface area (Å²) in [5.41, 5.74) is 9.69. The number of nitrogens with zero attached hydrogens (tertiary/aromatic N) is 2. The zero-order valence-corrected chi connectivity index (χ0v) is 9.87. The molecule has 0 spiro atoms. The van der Waals surface area contributed by atoms with Crippen molar-refractivity contribution in [3.63, 3.8) is 0 Å². The van der Waals surface area contributed by atoms with Crippen molar-refractivity contribution in [2.45, 2.75) is 6.18 Å². The van der Waals surface area contributed by atoms with Crippen LogP contribution >= 0.6 is 0 Å². The van der Waals surface area contributed by atoms with E-state index < -0.39 is 17.6 Å². The first-order valence-electron chi connectivity index (χ1n) is 5.28. The first-order valence-corrected chi connectivity index (χ1v) is 5.28. The van der Waals surface area contributed by atoms with Crippen LogP contribution in [0.15, 0.2) is 24.5 Å². The molecule has 20 heavy (non-hydrogen) atoms. The van der Waals surface area contributed by atoms with Crippen molar-refractivity contribution in [3.05, 3.63) is 35.9 Å². The standard InChI is InChI=1S/C11H9F4N5/c12-6-1-5(11(13,14)15)2-7(3-6)20-10-8(16)9(17)18-4-19-10/h1-4H,16H2,(H3,17,18,19,20). The van der Waals surface area contributed by atoms with E-state index in [1.54, 1.807) is 0 Å². The number of aromatic nitrogens is 2. The van der Waals surface area contributed by atoms with Gasteiger partial charge in [0, 0.05) is 5.69 Å². The molecule has 9 heteroatoms. The van der Waals surface area contributed by atoms with Gasteiger partial charge in [0.1, 0.15) is 17.8 Å². The van der Waals surface area contributed by atoms with E-state index in [0.717, 1.165) is 18.5 Å². The summed E-state index contributed by atoms with van der Waals surface area (Å²) in [5.74, 6) is -1.07. The smallest absolute Gasteiger partial charge is 0.393 e. The van der Waals surface area contributed by atoms with Crippen molar-refractivity contribution in [1.82, 2.24) is 9.97 Å². The van der Waals surface area contributed by atoms with Crippen molar-refractivity contribution in [3.8, 4) is 0 Å². The number of benzene rings is 1. The van der Waals surface area contributed by atoms with Crippen molar-refractivity contribution in [2.24, 2.45) is 0 Å². The highest BCUT2D eigenvalue weighted by atomic mass is 19.4. The molecule has 0 aliphatic heterocycles. The number of halogens is 4. The molecule has 2 rings (SSSR count). The van der Waals surface area contributed by atoms with Gasteiger partial charge in [0.15, 0.2) is 11.6 Å². The van der Waals surface area contributed by atoms with Gasteiger partial charge in [-0.15, -0.1) is 0 Å². The second-order valence-corrected chi connectivity index (χ2v) is 3.87. The van der Waals surface area contributed by atoms with Crippen LogP contribution in [-0.2, 0) is 6.18 Å². The topological polar surface area (TPSA) is 89.8 Å². The van der Waals surface area contributed by atoms with E-state index in [2.05, 4.69) is 15.3 Å². The minimum atomic E-state index is -4.66. The fourth-order valence-corrected chi connectivity index (χ4v) is 1.47. The lowest BCUT2D eigenvalue weighted by atomic mass is 10.2. The van der Waals surface area contributed by atoms with Gasteiger partial charge >= 0.3 is 6.18 Å². The molecule has 0 bridgehead atoms. The van der Waals surface area contributed by atoms with E-state index in [1.807, 2.05) is 0 Å². The molecule has 0 atom stereocenters. The number of rotatable bonds is 2. The number of anilines is 4. The molecule has 5 N–H and O–H groups in total. The summed E-state index contributed by atoms with van der Waals surface area (Å²) in [7, 11) is 0. The van der Waals surface area contributed by atoms with Gasteiger partial charge in [0.25, 0.3) is 0 Å². The highest BCUT2D eigenvalue weighted by molar-refractivity contribution is 5.76. The molecule has 1 aromatic carbocycles. The van der Waals surface area contributed by atoms with Crippen LogP contribution in [0.1, 0.15) is 5.56 Å². The van der Waals surface area contributed by atoms with Gasteiger partial charge in [-0.2, -0.15) is 13.2 Å². The Morgan fingerprint density at radius 1 is 1.05 bits per heavy atom. The quantitative estimate of drug-likeness (QED) is 0.738. The molecule has 0 amide bonds. The van der Waals surface area contributed by atoms with E-state index in [-0.39, 0.29) is 23.0 Å². The SMILES string of the molecule is Nc1ncnc(Nc2cc(F)cc(C(F)(F)F)c2)c1N. The van der Waals surface area contributed by atoms with Crippen LogP contribution < -0.4 is 16.8 Å². The fraction of sp³-hybridized carbons (Fsp3) is 0.0909. The Labute approximate surface area is 110 Å². The Morgan fingerprint density at radius 2 is 1.75 bits per heavy atom. The number of nitrogens with two attached hydrogens (primary N) is 2. The number of alkyl halides is 3. The third-order valence-corrected chi connectivity index (χ3v) is 2.40. The van der Waals surface area contributed by atoms with E-state index in [0.29, 0.717) is 6.07 Å².